The molecular formula is C20H19NO3S. The lowest BCUT2D eigenvalue weighted by Gasteiger charge is -2.07. The third-order valence-corrected chi connectivity index (χ3v) is 5.21. The molecule has 0 saturated carbocycles. The molecule has 1 aliphatic heterocycles. The van der Waals surface area contributed by atoms with E-state index < -0.39 is 0 Å². The van der Waals surface area contributed by atoms with E-state index >= 15 is 0 Å². The molecule has 1 heterocycles. The van der Waals surface area contributed by atoms with Gasteiger partial charge in [-0.3, -0.25) is 19.7 Å². The molecule has 3 rings (SSSR count). The number of ketones is 1. The summed E-state index contributed by atoms with van der Waals surface area (Å²) in [6, 6.07) is 15.5. The van der Waals surface area contributed by atoms with E-state index in [0.717, 1.165) is 34.0 Å². The number of hydrogen-bond donors (Lipinski definition) is 1. The lowest BCUT2D eigenvalue weighted by atomic mass is 10.0. The topological polar surface area (TPSA) is 63.2 Å². The maximum atomic E-state index is 12.2. The van der Waals surface area contributed by atoms with E-state index in [1.165, 1.54) is 0 Å². The summed E-state index contributed by atoms with van der Waals surface area (Å²) in [6.45, 7) is 2.00. The van der Waals surface area contributed by atoms with Gasteiger partial charge in [-0.25, -0.2) is 0 Å². The molecule has 25 heavy (non-hydrogen) atoms. The summed E-state index contributed by atoms with van der Waals surface area (Å²) in [4.78, 5) is 35.0. The Morgan fingerprint density at radius 3 is 2.24 bits per heavy atom. The molecular weight excluding hydrogens is 334 g/mol. The van der Waals surface area contributed by atoms with Crippen molar-refractivity contribution < 1.29 is 14.4 Å². The van der Waals surface area contributed by atoms with Crippen molar-refractivity contribution in [2.45, 2.75) is 31.4 Å². The minimum absolute atomic E-state index is 0.140. The molecule has 5 heteroatoms. The zero-order valence-corrected chi connectivity index (χ0v) is 14.8. The Kier molecular flexibility index (Phi) is 5.34. The SMILES string of the molecule is Cc1ccc(C(=O)CCc2ccc(CC3SC(=O)NC3=O)cc2)cc1. The zero-order valence-electron chi connectivity index (χ0n) is 14.0. The van der Waals surface area contributed by atoms with Gasteiger partial charge in [0.15, 0.2) is 5.78 Å². The fraction of sp³-hybridized carbons (Fsp3) is 0.250. The largest absolute Gasteiger partial charge is 0.294 e. The second-order valence-corrected chi connectivity index (χ2v) is 7.37. The van der Waals surface area contributed by atoms with E-state index in [1.807, 2.05) is 55.5 Å². The predicted molar refractivity (Wildman–Crippen MR) is 98.9 cm³/mol. The smallest absolute Gasteiger partial charge is 0.286 e. The van der Waals surface area contributed by atoms with Gasteiger partial charge in [0.2, 0.25) is 5.91 Å². The summed E-state index contributed by atoms with van der Waals surface area (Å²) in [5.41, 5.74) is 3.99. The van der Waals surface area contributed by atoms with Gasteiger partial charge in [0, 0.05) is 12.0 Å². The van der Waals surface area contributed by atoms with Crippen molar-refractivity contribution in [3.63, 3.8) is 0 Å². The second-order valence-electron chi connectivity index (χ2n) is 6.19. The Morgan fingerprint density at radius 1 is 1.00 bits per heavy atom. The Bertz CT molecular complexity index is 797. The maximum Gasteiger partial charge on any atom is 0.286 e. The zero-order chi connectivity index (χ0) is 17.8. The van der Waals surface area contributed by atoms with Crippen LogP contribution in [0.4, 0.5) is 4.79 Å². The number of benzene rings is 2. The van der Waals surface area contributed by atoms with Crippen molar-refractivity contribution in [2.24, 2.45) is 0 Å². The Hall–Kier alpha value is -2.40. The Labute approximate surface area is 151 Å². The fourth-order valence-electron chi connectivity index (χ4n) is 2.73. The van der Waals surface area contributed by atoms with Crippen LogP contribution >= 0.6 is 11.8 Å². The Balaban J connectivity index is 1.54. The third kappa shape index (κ3) is 4.57. The molecule has 2 aromatic carbocycles. The average molecular weight is 353 g/mol. The van der Waals surface area contributed by atoms with E-state index in [1.54, 1.807) is 0 Å². The number of carbonyl (C=O) groups is 3. The third-order valence-electron chi connectivity index (χ3n) is 4.23. The molecule has 0 spiro atoms. The maximum absolute atomic E-state index is 12.2. The van der Waals surface area contributed by atoms with Gasteiger partial charge in [-0.15, -0.1) is 0 Å². The molecule has 2 amide bonds. The van der Waals surface area contributed by atoms with Gasteiger partial charge >= 0.3 is 0 Å². The van der Waals surface area contributed by atoms with Crippen molar-refractivity contribution in [3.05, 3.63) is 70.8 Å². The molecule has 0 aliphatic carbocycles. The number of thioether (sulfide) groups is 1. The van der Waals surface area contributed by atoms with Crippen LogP contribution in [0.15, 0.2) is 48.5 Å². The highest BCUT2D eigenvalue weighted by Gasteiger charge is 2.31. The highest BCUT2D eigenvalue weighted by molar-refractivity contribution is 8.15. The van der Waals surface area contributed by atoms with Crippen LogP contribution in [-0.4, -0.2) is 22.2 Å². The monoisotopic (exact) mass is 353 g/mol. The summed E-state index contributed by atoms with van der Waals surface area (Å²) in [6.07, 6.45) is 1.69. The number of carbonyl (C=O) groups excluding carboxylic acids is 3. The highest BCUT2D eigenvalue weighted by Crippen LogP contribution is 2.23. The second kappa shape index (κ2) is 7.66. The molecule has 0 radical (unpaired) electrons. The molecule has 1 aliphatic rings. The lowest BCUT2D eigenvalue weighted by molar-refractivity contribution is -0.118. The summed E-state index contributed by atoms with van der Waals surface area (Å²) < 4.78 is 0. The molecule has 2 aromatic rings. The van der Waals surface area contributed by atoms with Crippen LogP contribution in [0.1, 0.15) is 33.5 Å². The number of imide groups is 1. The first-order valence-electron chi connectivity index (χ1n) is 8.20. The number of amides is 2. The predicted octanol–water partition coefficient (Wildman–Crippen LogP) is 3.70. The minimum Gasteiger partial charge on any atom is -0.294 e. The van der Waals surface area contributed by atoms with Crippen LogP contribution in [0.2, 0.25) is 0 Å². The molecule has 0 bridgehead atoms. The van der Waals surface area contributed by atoms with Gasteiger partial charge in [0.05, 0.1) is 5.25 Å². The van der Waals surface area contributed by atoms with Gasteiger partial charge in [0.25, 0.3) is 5.24 Å². The average Bonchev–Trinajstić information content (AvgIpc) is 2.92. The van der Waals surface area contributed by atoms with Gasteiger partial charge in [-0.1, -0.05) is 65.9 Å². The van der Waals surface area contributed by atoms with Crippen LogP contribution in [0.25, 0.3) is 0 Å². The molecule has 128 valence electrons. The molecule has 4 nitrogen and oxygen atoms in total. The minimum atomic E-state index is -0.346. The quantitative estimate of drug-likeness (QED) is 0.804. The van der Waals surface area contributed by atoms with Gasteiger partial charge in [-0.2, -0.15) is 0 Å². The number of nitrogens with one attached hydrogen (secondary N) is 1. The first-order chi connectivity index (χ1) is 12.0. The first-order valence-corrected chi connectivity index (χ1v) is 9.08. The van der Waals surface area contributed by atoms with Crippen LogP contribution in [-0.2, 0) is 17.6 Å². The molecule has 1 unspecified atom stereocenters. The van der Waals surface area contributed by atoms with Crippen molar-refractivity contribution in [1.82, 2.24) is 5.32 Å². The van der Waals surface area contributed by atoms with E-state index in [4.69, 9.17) is 0 Å². The van der Waals surface area contributed by atoms with E-state index in [0.29, 0.717) is 19.3 Å². The molecule has 0 aromatic heterocycles. The van der Waals surface area contributed by atoms with Gasteiger partial charge in [0.1, 0.15) is 0 Å². The van der Waals surface area contributed by atoms with Crippen LogP contribution < -0.4 is 5.32 Å². The number of aryl methyl sites for hydroxylation is 2. The summed E-state index contributed by atoms with van der Waals surface area (Å²) in [5.74, 6) is -0.0793. The van der Waals surface area contributed by atoms with Crippen LogP contribution in [0, 0.1) is 6.92 Å². The highest BCUT2D eigenvalue weighted by atomic mass is 32.2. The number of Topliss-reactive ketones (excluding diaryl/α,β-unsaturated/α-hetero) is 1. The summed E-state index contributed by atoms with van der Waals surface area (Å²) in [7, 11) is 0. The molecule has 1 N–H and O–H groups in total. The first kappa shape index (κ1) is 17.4. The van der Waals surface area contributed by atoms with Gasteiger partial charge in [-0.05, 0) is 30.9 Å². The summed E-state index contributed by atoms with van der Waals surface area (Å²) in [5, 5.41) is 1.68. The van der Waals surface area contributed by atoms with Crippen LogP contribution in [0.5, 0.6) is 0 Å². The number of hydrogen-bond acceptors (Lipinski definition) is 4. The van der Waals surface area contributed by atoms with Gasteiger partial charge < -0.3 is 0 Å². The Morgan fingerprint density at radius 2 is 1.64 bits per heavy atom. The van der Waals surface area contributed by atoms with Crippen molar-refractivity contribution in [2.75, 3.05) is 0 Å². The molecule has 1 saturated heterocycles. The van der Waals surface area contributed by atoms with E-state index in [-0.39, 0.29) is 22.2 Å². The molecule has 1 atom stereocenters. The molecule has 1 fully saturated rings. The summed E-state index contributed by atoms with van der Waals surface area (Å²) >= 11 is 1.04. The van der Waals surface area contributed by atoms with Crippen molar-refractivity contribution >= 4 is 28.7 Å². The lowest BCUT2D eigenvalue weighted by Crippen LogP contribution is -2.25. The van der Waals surface area contributed by atoms with Crippen molar-refractivity contribution in [3.8, 4) is 0 Å². The fourth-order valence-corrected chi connectivity index (χ4v) is 3.59. The van der Waals surface area contributed by atoms with E-state index in [9.17, 15) is 14.4 Å². The van der Waals surface area contributed by atoms with Crippen LogP contribution in [0.3, 0.4) is 0 Å². The normalized spacial score (nSPS) is 16.8. The van der Waals surface area contributed by atoms with E-state index in [2.05, 4.69) is 5.32 Å². The standard InChI is InChI=1S/C20H19NO3S/c1-13-2-9-16(10-3-13)17(22)11-8-14-4-6-15(7-5-14)12-18-19(23)21-20(24)25-18/h2-7,9-10,18H,8,11-12H2,1H3,(H,21,23,24). The number of rotatable bonds is 6. The van der Waals surface area contributed by atoms with Crippen molar-refractivity contribution in [1.29, 1.82) is 0 Å².